The summed E-state index contributed by atoms with van der Waals surface area (Å²) in [4.78, 5) is 61.6. The Balaban J connectivity index is 5.46. The second kappa shape index (κ2) is 86.2. The molecule has 0 N–H and O–H groups in total. The topological polar surface area (TPSA) is 115 Å². The first kappa shape index (κ1) is 111. The smallest absolute Gasteiger partial charge is 0.308 e. The molecule has 0 rings (SSSR count). The van der Waals surface area contributed by atoms with Crippen molar-refractivity contribution < 1.29 is 38.1 Å². The summed E-state index contributed by atoms with van der Waals surface area (Å²) in [5.74, 6) is 2.78. The molecule has 0 aliphatic rings. The van der Waals surface area contributed by atoms with Gasteiger partial charge in [-0.2, -0.15) is 0 Å². The lowest BCUT2D eigenvalue weighted by Crippen LogP contribution is -2.33. The van der Waals surface area contributed by atoms with E-state index < -0.39 is 0 Å². The van der Waals surface area contributed by atoms with E-state index in [1.165, 1.54) is 321 Å². The molecule has 0 aliphatic carbocycles. The molecule has 0 heterocycles. The Kier molecular flexibility index (Phi) is 84.4. The molecule has 672 valence electrons. The molecule has 0 saturated heterocycles. The maximum absolute atomic E-state index is 14.5. The quantitative estimate of drug-likeness (QED) is 0.0329. The van der Waals surface area contributed by atoms with Crippen molar-refractivity contribution in [3.63, 3.8) is 0 Å². The van der Waals surface area contributed by atoms with E-state index in [1.807, 2.05) is 0 Å². The van der Waals surface area contributed by atoms with Gasteiger partial charge in [0.15, 0.2) is 0 Å². The molecule has 0 saturated carbocycles. The van der Waals surface area contributed by atoms with Crippen molar-refractivity contribution in [3.05, 3.63) is 0 Å². The number of hydrogen-bond acceptors (Lipinski definition) is 11. The minimum Gasteiger partial charge on any atom is -0.465 e. The summed E-state index contributed by atoms with van der Waals surface area (Å²) in [6, 6.07) is 0. The lowest BCUT2D eigenvalue weighted by atomic mass is 9.73. The van der Waals surface area contributed by atoms with Crippen LogP contribution in [-0.4, -0.2) is 126 Å². The molecule has 0 aromatic heterocycles. The number of carbonyl (C=O) groups is 4. The Morgan fingerprint density at radius 1 is 0.239 bits per heavy atom. The van der Waals surface area contributed by atoms with Gasteiger partial charge >= 0.3 is 23.9 Å². The van der Waals surface area contributed by atoms with Gasteiger partial charge in [-0.1, -0.05) is 389 Å². The highest BCUT2D eigenvalue weighted by Gasteiger charge is 2.31. The zero-order valence-electron chi connectivity index (χ0n) is 78.5. The molecule has 0 aromatic carbocycles. The van der Waals surface area contributed by atoms with E-state index in [0.717, 1.165) is 154 Å². The van der Waals surface area contributed by atoms with Gasteiger partial charge in [0.05, 0.1) is 38.3 Å². The van der Waals surface area contributed by atoms with Crippen LogP contribution in [0.4, 0.5) is 0 Å². The van der Waals surface area contributed by atoms with E-state index in [9.17, 15) is 19.2 Å². The highest BCUT2D eigenvalue weighted by molar-refractivity contribution is 5.73. The molecule has 0 fully saturated rings. The van der Waals surface area contributed by atoms with Gasteiger partial charge in [-0.25, -0.2) is 0 Å². The summed E-state index contributed by atoms with van der Waals surface area (Å²) in [5, 5.41) is 0. The molecule has 0 aromatic rings. The maximum atomic E-state index is 14.5. The van der Waals surface area contributed by atoms with Gasteiger partial charge in [0.2, 0.25) is 0 Å². The average Bonchev–Trinajstić information content (AvgIpc) is 0.867. The fraction of sp³-hybridized carbons (Fsp3) is 0.961. The number of likely N-dealkylation sites (N-methyl/N-ethyl adjacent to an activating group) is 1. The van der Waals surface area contributed by atoms with E-state index >= 15 is 0 Å². The van der Waals surface area contributed by atoms with Gasteiger partial charge in [-0.05, 0) is 174 Å². The molecule has 0 spiro atoms. The fourth-order valence-corrected chi connectivity index (χ4v) is 17.6. The predicted octanol–water partition coefficient (Wildman–Crippen LogP) is 30.4. The van der Waals surface area contributed by atoms with Crippen LogP contribution in [0.5, 0.6) is 0 Å². The molecular formula is C102H201N3O8. The Hall–Kier alpha value is -2.24. The van der Waals surface area contributed by atoms with Crippen LogP contribution in [0, 0.1) is 41.4 Å². The first-order chi connectivity index (χ1) is 55.2. The SMILES string of the molecule is CCCCCCCCC(CCCCCC)COC(=O)CCCCCN(CCCCCC(=O)OCC(CCCCCCCC)CC(CCCC)C(CCCC)CC(CCCCCCCC)C(=O)OCCCCCCCCCC(CCCCCCCCCOC(=O)C(CCCCCC)CCCCCCCC)CN(C)C)CCN(C)C. The highest BCUT2D eigenvalue weighted by Crippen LogP contribution is 2.38. The normalized spacial score (nSPS) is 13.8. The molecule has 0 bridgehead atoms. The molecule has 0 amide bonds. The Morgan fingerprint density at radius 2 is 0.531 bits per heavy atom. The largest absolute Gasteiger partial charge is 0.465 e. The van der Waals surface area contributed by atoms with E-state index in [1.54, 1.807) is 0 Å². The molecule has 0 radical (unpaired) electrons. The maximum Gasteiger partial charge on any atom is 0.308 e. The predicted molar refractivity (Wildman–Crippen MR) is 490 cm³/mol. The Labute approximate surface area is 706 Å². The highest BCUT2D eigenvalue weighted by atomic mass is 16.5. The number of hydrogen-bond donors (Lipinski definition) is 0. The van der Waals surface area contributed by atoms with Crippen molar-refractivity contribution in [3.8, 4) is 0 Å². The first-order valence-electron chi connectivity index (χ1n) is 50.9. The van der Waals surface area contributed by atoms with Gasteiger partial charge in [-0.3, -0.25) is 19.2 Å². The van der Waals surface area contributed by atoms with Crippen LogP contribution in [0.25, 0.3) is 0 Å². The van der Waals surface area contributed by atoms with Crippen molar-refractivity contribution in [2.75, 3.05) is 87.3 Å². The number of ether oxygens (including phenoxy) is 4. The van der Waals surface area contributed by atoms with Crippen molar-refractivity contribution in [1.82, 2.24) is 14.7 Å². The number of unbranched alkanes of at least 4 members (excludes halogenated alkanes) is 44. The third kappa shape index (κ3) is 74.5. The van der Waals surface area contributed by atoms with Gasteiger partial charge in [0.1, 0.15) is 0 Å². The van der Waals surface area contributed by atoms with E-state index in [4.69, 9.17) is 18.9 Å². The van der Waals surface area contributed by atoms with Crippen LogP contribution in [0.1, 0.15) is 505 Å². The summed E-state index contributed by atoms with van der Waals surface area (Å²) < 4.78 is 24.5. The van der Waals surface area contributed by atoms with E-state index in [2.05, 4.69) is 98.3 Å². The standard InChI is InChI=1S/C102H201N3O8/c1-13-21-29-35-45-58-72-93(71-55-33-25-17-5)90-112-99(106)79-63-53-65-81-105(84-83-103(9)10)82-66-54-64-80-100(107)113-91-94(73-59-46-36-30-22-14-2)87-96(74-27-19-7)97(75-28-20-8)88-98(78-62-50-38-32-24-16-4)102(109)111-86-68-52-44-40-42-48-57-70-92(89-104(11)12)69-56-47-41-39-43-51-67-85-110-101(108)95(76-60-34-26-18-6)77-61-49-37-31-23-15-3/h92-98H,13-91H2,1-12H3. The summed E-state index contributed by atoms with van der Waals surface area (Å²) in [5.41, 5.74) is 0. The lowest BCUT2D eigenvalue weighted by molar-refractivity contribution is -0.150. The monoisotopic (exact) mass is 1600 g/mol. The van der Waals surface area contributed by atoms with Crippen LogP contribution in [0.2, 0.25) is 0 Å². The molecule has 11 heteroatoms. The number of nitrogens with zero attached hydrogens (tertiary/aromatic N) is 3. The first-order valence-corrected chi connectivity index (χ1v) is 50.9. The summed E-state index contributed by atoms with van der Waals surface area (Å²) >= 11 is 0. The van der Waals surface area contributed by atoms with Crippen LogP contribution in [0.15, 0.2) is 0 Å². The molecular weight excluding hydrogens is 1400 g/mol. The minimum atomic E-state index is -0.0453. The summed E-state index contributed by atoms with van der Waals surface area (Å²) in [7, 11) is 8.80. The number of carbonyl (C=O) groups excluding carboxylic acids is 4. The van der Waals surface area contributed by atoms with Crippen molar-refractivity contribution in [2.45, 2.75) is 505 Å². The van der Waals surface area contributed by atoms with Crippen molar-refractivity contribution in [2.24, 2.45) is 41.4 Å². The number of esters is 4. The zero-order valence-corrected chi connectivity index (χ0v) is 78.5. The van der Waals surface area contributed by atoms with E-state index in [0.29, 0.717) is 62.9 Å². The Morgan fingerprint density at radius 3 is 0.903 bits per heavy atom. The van der Waals surface area contributed by atoms with Crippen LogP contribution in [-0.2, 0) is 38.1 Å². The van der Waals surface area contributed by atoms with Crippen LogP contribution < -0.4 is 0 Å². The number of rotatable bonds is 92. The average molecular weight is 1600 g/mol. The van der Waals surface area contributed by atoms with Gasteiger partial charge in [0, 0.05) is 32.5 Å². The molecule has 7 unspecified atom stereocenters. The summed E-state index contributed by atoms with van der Waals surface area (Å²) in [6.07, 6.45) is 82.9. The molecule has 0 aliphatic heterocycles. The second-order valence-electron chi connectivity index (χ2n) is 36.9. The van der Waals surface area contributed by atoms with Gasteiger partial charge in [0.25, 0.3) is 0 Å². The lowest BCUT2D eigenvalue weighted by Gasteiger charge is -2.33. The molecule has 7 atom stereocenters. The van der Waals surface area contributed by atoms with Crippen LogP contribution >= 0.6 is 0 Å². The third-order valence-corrected chi connectivity index (χ3v) is 25.2. The van der Waals surface area contributed by atoms with Gasteiger partial charge in [-0.15, -0.1) is 0 Å². The summed E-state index contributed by atoms with van der Waals surface area (Å²) in [6.45, 7) is 25.9. The third-order valence-electron chi connectivity index (χ3n) is 25.2. The van der Waals surface area contributed by atoms with Crippen molar-refractivity contribution >= 4 is 23.9 Å². The molecule has 113 heavy (non-hydrogen) atoms. The van der Waals surface area contributed by atoms with E-state index in [-0.39, 0.29) is 35.7 Å². The van der Waals surface area contributed by atoms with Crippen LogP contribution in [0.3, 0.4) is 0 Å². The minimum absolute atomic E-state index is 0.00929. The van der Waals surface area contributed by atoms with Crippen molar-refractivity contribution in [1.29, 1.82) is 0 Å². The fourth-order valence-electron chi connectivity index (χ4n) is 17.6. The molecule has 11 nitrogen and oxygen atoms in total. The zero-order chi connectivity index (χ0) is 82.8. The van der Waals surface area contributed by atoms with Gasteiger partial charge < -0.3 is 33.6 Å². The Bertz CT molecular complexity index is 1990. The second-order valence-corrected chi connectivity index (χ2v) is 36.9.